The SMILES string of the molecule is CO[C@H]([18F])C(=O)c1ccco1. The molecule has 0 N–H and O–H groups in total. The molecular formula is C7H7FO3. The van der Waals surface area contributed by atoms with Crippen LogP contribution in [0.5, 0.6) is 0 Å². The van der Waals surface area contributed by atoms with Crippen LogP contribution in [0.25, 0.3) is 0 Å². The van der Waals surface area contributed by atoms with Crippen molar-refractivity contribution in [2.24, 2.45) is 0 Å². The van der Waals surface area contributed by atoms with Crippen molar-refractivity contribution in [1.82, 2.24) is 0 Å². The van der Waals surface area contributed by atoms with Gasteiger partial charge in [-0.2, -0.15) is 0 Å². The van der Waals surface area contributed by atoms with E-state index in [1.807, 2.05) is 0 Å². The van der Waals surface area contributed by atoms with Gasteiger partial charge >= 0.3 is 0 Å². The van der Waals surface area contributed by atoms with Crippen LogP contribution >= 0.6 is 0 Å². The Kier molecular flexibility index (Phi) is 2.38. The third kappa shape index (κ3) is 1.65. The highest BCUT2D eigenvalue weighted by atomic mass is 18.2. The highest BCUT2D eigenvalue weighted by Gasteiger charge is 2.20. The van der Waals surface area contributed by atoms with Gasteiger partial charge in [0.1, 0.15) is 0 Å². The van der Waals surface area contributed by atoms with Gasteiger partial charge in [-0.3, -0.25) is 4.79 Å². The number of hydrogen-bond acceptors (Lipinski definition) is 3. The Morgan fingerprint density at radius 1 is 1.82 bits per heavy atom. The fourth-order valence-corrected chi connectivity index (χ4v) is 0.638. The lowest BCUT2D eigenvalue weighted by Crippen LogP contribution is -2.16. The minimum absolute atomic E-state index is 0.0284. The van der Waals surface area contributed by atoms with E-state index in [4.69, 9.17) is 0 Å². The molecule has 1 heterocycles. The Bertz CT molecular complexity index is 230. The average Bonchev–Trinajstić information content (AvgIpc) is 2.53. The monoisotopic (exact) mass is 157 g/mol. The second kappa shape index (κ2) is 3.30. The summed E-state index contributed by atoms with van der Waals surface area (Å²) in [6.07, 6.45) is -0.628. The number of halogens is 1. The molecule has 0 aromatic carbocycles. The van der Waals surface area contributed by atoms with E-state index in [0.717, 1.165) is 7.11 Å². The summed E-state index contributed by atoms with van der Waals surface area (Å²) in [6.45, 7) is 0. The van der Waals surface area contributed by atoms with E-state index < -0.39 is 12.1 Å². The predicted octanol–water partition coefficient (Wildman–Crippen LogP) is 1.40. The molecule has 0 bridgehead atoms. The second-order valence-corrected chi connectivity index (χ2v) is 1.89. The molecule has 0 radical (unpaired) electrons. The highest BCUT2D eigenvalue weighted by Crippen LogP contribution is 2.06. The Labute approximate surface area is 62.8 Å². The molecule has 0 aliphatic rings. The molecule has 1 aromatic heterocycles. The van der Waals surface area contributed by atoms with E-state index >= 15 is 0 Å². The predicted molar refractivity (Wildman–Crippen MR) is 34.9 cm³/mol. The zero-order chi connectivity index (χ0) is 8.27. The van der Waals surface area contributed by atoms with Crippen molar-refractivity contribution in [3.8, 4) is 0 Å². The van der Waals surface area contributed by atoms with Gasteiger partial charge in [-0.05, 0) is 12.1 Å². The number of carbonyl (C=O) groups excluding carboxylic acids is 1. The summed E-state index contributed by atoms with van der Waals surface area (Å²) in [4.78, 5) is 10.8. The molecule has 0 aliphatic heterocycles. The first kappa shape index (κ1) is 7.94. The van der Waals surface area contributed by atoms with Crippen LogP contribution in [0.15, 0.2) is 22.8 Å². The normalized spacial score (nSPS) is 12.9. The number of methoxy groups -OCH3 is 1. The van der Waals surface area contributed by atoms with Gasteiger partial charge in [0.15, 0.2) is 5.76 Å². The van der Waals surface area contributed by atoms with Crippen molar-refractivity contribution in [3.63, 3.8) is 0 Å². The molecule has 0 spiro atoms. The molecule has 0 saturated heterocycles. The molecule has 1 aromatic rings. The van der Waals surface area contributed by atoms with Crippen LogP contribution < -0.4 is 0 Å². The highest BCUT2D eigenvalue weighted by molar-refractivity contribution is 5.95. The van der Waals surface area contributed by atoms with Crippen LogP contribution in [-0.4, -0.2) is 19.3 Å². The van der Waals surface area contributed by atoms with Crippen LogP contribution in [0.1, 0.15) is 10.6 Å². The molecule has 0 saturated carbocycles. The Hall–Kier alpha value is -1.16. The first-order chi connectivity index (χ1) is 5.25. The number of ether oxygens (including phenoxy) is 1. The first-order valence-corrected chi connectivity index (χ1v) is 3.00. The maximum absolute atomic E-state index is 12.5. The summed E-state index contributed by atoms with van der Waals surface area (Å²) >= 11 is 0. The minimum atomic E-state index is -1.93. The number of alkyl halides is 1. The van der Waals surface area contributed by atoms with Gasteiger partial charge in [0.05, 0.1) is 6.26 Å². The van der Waals surface area contributed by atoms with E-state index in [-0.39, 0.29) is 5.76 Å². The topological polar surface area (TPSA) is 39.4 Å². The fourth-order valence-electron chi connectivity index (χ4n) is 0.638. The van der Waals surface area contributed by atoms with Gasteiger partial charge in [0.25, 0.3) is 12.1 Å². The number of rotatable bonds is 3. The van der Waals surface area contributed by atoms with E-state index in [9.17, 15) is 9.18 Å². The van der Waals surface area contributed by atoms with Crippen LogP contribution in [0.2, 0.25) is 0 Å². The standard InChI is InChI=1S/C7H7FO3/c1-10-7(8)6(9)5-3-2-4-11-5/h2-4,7H,1H3/t7-/m0/s1/i8-1. The first-order valence-electron chi connectivity index (χ1n) is 3.00. The van der Waals surface area contributed by atoms with Gasteiger partial charge in [0.2, 0.25) is 0 Å². The molecule has 0 aliphatic carbocycles. The van der Waals surface area contributed by atoms with Gasteiger partial charge in [-0.1, -0.05) is 0 Å². The van der Waals surface area contributed by atoms with E-state index in [2.05, 4.69) is 9.15 Å². The van der Waals surface area contributed by atoms with Gasteiger partial charge in [0, 0.05) is 7.11 Å². The lowest BCUT2D eigenvalue weighted by molar-refractivity contribution is 0.00342. The molecule has 0 amide bonds. The number of furan rings is 1. The third-order valence-corrected chi connectivity index (χ3v) is 1.18. The quantitative estimate of drug-likeness (QED) is 0.622. The summed E-state index contributed by atoms with van der Waals surface area (Å²) < 4.78 is 21.3. The summed E-state index contributed by atoms with van der Waals surface area (Å²) in [5.41, 5.74) is 0. The zero-order valence-corrected chi connectivity index (χ0v) is 5.91. The van der Waals surface area contributed by atoms with E-state index in [1.165, 1.54) is 18.4 Å². The van der Waals surface area contributed by atoms with Crippen molar-refractivity contribution < 1.29 is 18.3 Å². The number of carbonyl (C=O) groups is 1. The van der Waals surface area contributed by atoms with Crippen molar-refractivity contribution in [1.29, 1.82) is 0 Å². The molecule has 1 rings (SSSR count). The zero-order valence-electron chi connectivity index (χ0n) is 5.91. The summed E-state index contributed by atoms with van der Waals surface area (Å²) in [7, 11) is 1.12. The van der Waals surface area contributed by atoms with Gasteiger partial charge in [-0.15, -0.1) is 0 Å². The molecule has 0 unspecified atom stereocenters. The van der Waals surface area contributed by atoms with Crippen LogP contribution in [0, 0.1) is 0 Å². The van der Waals surface area contributed by atoms with Crippen molar-refractivity contribution >= 4 is 5.78 Å². The van der Waals surface area contributed by atoms with Crippen molar-refractivity contribution in [2.45, 2.75) is 6.36 Å². The van der Waals surface area contributed by atoms with Crippen molar-refractivity contribution in [2.75, 3.05) is 7.11 Å². The lowest BCUT2D eigenvalue weighted by atomic mass is 10.3. The maximum atomic E-state index is 12.5. The third-order valence-electron chi connectivity index (χ3n) is 1.18. The minimum Gasteiger partial charge on any atom is -0.461 e. The second-order valence-electron chi connectivity index (χ2n) is 1.89. The lowest BCUT2D eigenvalue weighted by Gasteiger charge is -2.00. The number of ketones is 1. The summed E-state index contributed by atoms with van der Waals surface area (Å²) in [6, 6.07) is 2.89. The molecule has 1 atom stereocenters. The van der Waals surface area contributed by atoms with E-state index in [0.29, 0.717) is 0 Å². The molecule has 0 fully saturated rings. The Morgan fingerprint density at radius 2 is 2.55 bits per heavy atom. The van der Waals surface area contributed by atoms with Crippen LogP contribution in [-0.2, 0) is 4.74 Å². The molecule has 3 nitrogen and oxygen atoms in total. The number of Topliss-reactive ketones (excluding diaryl/α,β-unsaturated/α-hetero) is 1. The summed E-state index contributed by atoms with van der Waals surface area (Å²) in [5, 5.41) is 0. The van der Waals surface area contributed by atoms with E-state index in [1.54, 1.807) is 0 Å². The van der Waals surface area contributed by atoms with Crippen LogP contribution in [0.4, 0.5) is 4.39 Å². The summed E-state index contributed by atoms with van der Waals surface area (Å²) in [5.74, 6) is -0.822. The molecule has 4 heteroatoms. The van der Waals surface area contributed by atoms with Gasteiger partial charge in [-0.25, -0.2) is 4.39 Å². The molecule has 11 heavy (non-hydrogen) atoms. The van der Waals surface area contributed by atoms with Crippen molar-refractivity contribution in [3.05, 3.63) is 24.2 Å². The Balaban J connectivity index is 2.70. The molecular weight excluding hydrogens is 150 g/mol. The maximum Gasteiger partial charge on any atom is 0.266 e. The Morgan fingerprint density at radius 3 is 3.00 bits per heavy atom. The average molecular weight is 157 g/mol. The largest absolute Gasteiger partial charge is 0.461 e. The smallest absolute Gasteiger partial charge is 0.266 e. The van der Waals surface area contributed by atoms with Gasteiger partial charge < -0.3 is 9.15 Å². The fraction of sp³-hybridized carbons (Fsp3) is 0.286. The number of hydrogen-bond donors (Lipinski definition) is 0. The van der Waals surface area contributed by atoms with Crippen LogP contribution in [0.3, 0.4) is 0 Å². The molecule has 60 valence electrons.